The van der Waals surface area contributed by atoms with Gasteiger partial charge in [-0.2, -0.15) is 0 Å². The molecular formula is C23H34N4O2S. The van der Waals surface area contributed by atoms with Gasteiger partial charge >= 0.3 is 0 Å². The Morgan fingerprint density at radius 3 is 2.70 bits per heavy atom. The van der Waals surface area contributed by atoms with Crippen LogP contribution in [0.15, 0.2) is 27.9 Å². The van der Waals surface area contributed by atoms with Crippen LogP contribution in [0.4, 0.5) is 0 Å². The molecule has 2 aromatic heterocycles. The third-order valence-corrected chi connectivity index (χ3v) is 7.11. The Morgan fingerprint density at radius 2 is 2.07 bits per heavy atom. The molecule has 0 bridgehead atoms. The van der Waals surface area contributed by atoms with E-state index in [1.807, 2.05) is 26.0 Å². The summed E-state index contributed by atoms with van der Waals surface area (Å²) in [5.41, 5.74) is 2.58. The highest BCUT2D eigenvalue weighted by atomic mass is 32.2. The predicted octanol–water partition coefficient (Wildman–Crippen LogP) is 4.47. The third kappa shape index (κ3) is 5.64. The van der Waals surface area contributed by atoms with E-state index in [-0.39, 0.29) is 5.91 Å². The van der Waals surface area contributed by atoms with Crippen molar-refractivity contribution in [2.45, 2.75) is 64.3 Å². The summed E-state index contributed by atoms with van der Waals surface area (Å²) in [6.45, 7) is 13.5. The topological polar surface area (TPSA) is 71.3 Å². The minimum Gasteiger partial charge on any atom is -0.361 e. The van der Waals surface area contributed by atoms with Gasteiger partial charge in [0.2, 0.25) is 0 Å². The quantitative estimate of drug-likeness (QED) is 0.623. The minimum absolute atomic E-state index is 0.0552. The molecular weight excluding hydrogens is 396 g/mol. The molecule has 1 aliphatic heterocycles. The first kappa shape index (κ1) is 22.8. The van der Waals surface area contributed by atoms with E-state index in [1.54, 1.807) is 18.0 Å². The van der Waals surface area contributed by atoms with Gasteiger partial charge in [0.1, 0.15) is 10.8 Å². The van der Waals surface area contributed by atoms with E-state index in [0.29, 0.717) is 29.8 Å². The maximum absolute atomic E-state index is 13.0. The predicted molar refractivity (Wildman–Crippen MR) is 121 cm³/mol. The third-order valence-electron chi connectivity index (χ3n) is 6.08. The summed E-state index contributed by atoms with van der Waals surface area (Å²) < 4.78 is 5.25. The lowest BCUT2D eigenvalue weighted by Crippen LogP contribution is -2.49. The van der Waals surface area contributed by atoms with Crippen molar-refractivity contribution >= 4 is 17.7 Å². The van der Waals surface area contributed by atoms with Gasteiger partial charge in [-0.15, -0.1) is 11.8 Å². The second-order valence-corrected chi connectivity index (χ2v) is 9.65. The number of hydrogen-bond donors (Lipinski definition) is 1. The van der Waals surface area contributed by atoms with Crippen molar-refractivity contribution in [3.8, 4) is 0 Å². The summed E-state index contributed by atoms with van der Waals surface area (Å²) in [6, 6.07) is 4.03. The van der Waals surface area contributed by atoms with Crippen LogP contribution >= 0.6 is 11.8 Å². The molecule has 1 N–H and O–H groups in total. The van der Waals surface area contributed by atoms with Gasteiger partial charge in [0.15, 0.2) is 0 Å². The van der Waals surface area contributed by atoms with Crippen molar-refractivity contribution in [1.29, 1.82) is 0 Å². The second kappa shape index (κ2) is 10.4. The Balaban J connectivity index is 1.63. The average Bonchev–Trinajstić information content (AvgIpc) is 3.05. The molecule has 0 aliphatic carbocycles. The molecule has 0 spiro atoms. The lowest BCUT2D eigenvalue weighted by Gasteiger charge is -2.38. The van der Waals surface area contributed by atoms with Crippen LogP contribution in [0.25, 0.3) is 0 Å². The van der Waals surface area contributed by atoms with Gasteiger partial charge in [0.25, 0.3) is 5.91 Å². The van der Waals surface area contributed by atoms with Gasteiger partial charge in [0.05, 0.1) is 11.3 Å². The zero-order chi connectivity index (χ0) is 21.7. The van der Waals surface area contributed by atoms with Crippen molar-refractivity contribution in [2.24, 2.45) is 11.8 Å². The van der Waals surface area contributed by atoms with E-state index >= 15 is 0 Å². The molecule has 0 saturated carbocycles. The van der Waals surface area contributed by atoms with Gasteiger partial charge in [-0.25, -0.2) is 4.98 Å². The summed E-state index contributed by atoms with van der Waals surface area (Å²) in [6.07, 6.45) is 4.21. The average molecular weight is 431 g/mol. The number of carbonyl (C=O) groups excluding carboxylic acids is 1. The Labute approximate surface area is 184 Å². The van der Waals surface area contributed by atoms with Crippen LogP contribution in [-0.4, -0.2) is 46.6 Å². The van der Waals surface area contributed by atoms with Gasteiger partial charge in [-0.05, 0) is 63.7 Å². The number of piperidine rings is 1. The molecule has 1 atom stereocenters. The highest BCUT2D eigenvalue weighted by Crippen LogP contribution is 2.27. The SMILES string of the molecule is Cc1noc(C)c1CSc1ncccc1C(=O)NCC(C(C)C)N1CCC(C)CC1. The number of nitrogens with one attached hydrogen (secondary N) is 1. The minimum atomic E-state index is -0.0552. The summed E-state index contributed by atoms with van der Waals surface area (Å²) in [7, 11) is 0. The summed E-state index contributed by atoms with van der Waals surface area (Å²) in [5, 5.41) is 7.93. The van der Waals surface area contributed by atoms with Crippen LogP contribution in [0, 0.1) is 25.7 Å². The molecule has 30 heavy (non-hydrogen) atoms. The lowest BCUT2D eigenvalue weighted by atomic mass is 9.94. The smallest absolute Gasteiger partial charge is 0.254 e. The van der Waals surface area contributed by atoms with E-state index in [1.165, 1.54) is 12.8 Å². The molecule has 1 unspecified atom stereocenters. The van der Waals surface area contributed by atoms with Crippen molar-refractivity contribution in [3.05, 3.63) is 40.9 Å². The van der Waals surface area contributed by atoms with Gasteiger partial charge in [-0.3, -0.25) is 9.69 Å². The van der Waals surface area contributed by atoms with Gasteiger partial charge < -0.3 is 9.84 Å². The molecule has 3 heterocycles. The molecule has 0 aromatic carbocycles. The van der Waals surface area contributed by atoms with E-state index < -0.39 is 0 Å². The van der Waals surface area contributed by atoms with Crippen LogP contribution in [0.1, 0.15) is 61.0 Å². The fraction of sp³-hybridized carbons (Fsp3) is 0.609. The maximum Gasteiger partial charge on any atom is 0.254 e. The number of likely N-dealkylation sites (tertiary alicyclic amines) is 1. The van der Waals surface area contributed by atoms with Crippen LogP contribution in [0.2, 0.25) is 0 Å². The van der Waals surface area contributed by atoms with E-state index in [4.69, 9.17) is 4.52 Å². The number of nitrogens with zero attached hydrogens (tertiary/aromatic N) is 3. The largest absolute Gasteiger partial charge is 0.361 e. The van der Waals surface area contributed by atoms with E-state index in [9.17, 15) is 4.79 Å². The zero-order valence-corrected chi connectivity index (χ0v) is 19.6. The van der Waals surface area contributed by atoms with Crippen molar-refractivity contribution < 1.29 is 9.32 Å². The number of thioether (sulfide) groups is 1. The van der Waals surface area contributed by atoms with Crippen LogP contribution in [0.3, 0.4) is 0 Å². The van der Waals surface area contributed by atoms with Crippen molar-refractivity contribution in [2.75, 3.05) is 19.6 Å². The van der Waals surface area contributed by atoms with Crippen LogP contribution in [0.5, 0.6) is 0 Å². The van der Waals surface area contributed by atoms with Gasteiger partial charge in [0, 0.05) is 30.1 Å². The molecule has 0 radical (unpaired) electrons. The highest BCUT2D eigenvalue weighted by molar-refractivity contribution is 7.98. The highest BCUT2D eigenvalue weighted by Gasteiger charge is 2.26. The fourth-order valence-corrected chi connectivity index (χ4v) is 5.11. The monoisotopic (exact) mass is 430 g/mol. The molecule has 1 saturated heterocycles. The Kier molecular flexibility index (Phi) is 7.94. The zero-order valence-electron chi connectivity index (χ0n) is 18.8. The van der Waals surface area contributed by atoms with Crippen LogP contribution in [-0.2, 0) is 5.75 Å². The first-order valence-corrected chi connectivity index (χ1v) is 11.9. The standard InChI is InChI=1S/C23H34N4O2S/c1-15(2)21(27-11-8-16(3)9-12-27)13-25-22(28)19-7-6-10-24-23(19)30-14-20-17(4)26-29-18(20)5/h6-7,10,15-16,21H,8-9,11-14H2,1-5H3,(H,25,28). The normalized spacial score (nSPS) is 16.7. The molecule has 1 fully saturated rings. The number of amides is 1. The van der Waals surface area contributed by atoms with Crippen molar-refractivity contribution in [1.82, 2.24) is 20.4 Å². The maximum atomic E-state index is 13.0. The molecule has 2 aromatic rings. The lowest BCUT2D eigenvalue weighted by molar-refractivity contribution is 0.0860. The Hall–Kier alpha value is -1.86. The number of aromatic nitrogens is 2. The number of aryl methyl sites for hydroxylation is 2. The number of rotatable bonds is 8. The summed E-state index contributed by atoms with van der Waals surface area (Å²) >= 11 is 1.55. The molecule has 6 nitrogen and oxygen atoms in total. The first-order valence-electron chi connectivity index (χ1n) is 10.9. The fourth-order valence-electron chi connectivity index (χ4n) is 3.97. The number of hydrogen-bond acceptors (Lipinski definition) is 6. The first-order chi connectivity index (χ1) is 14.4. The number of carbonyl (C=O) groups is 1. The summed E-state index contributed by atoms with van der Waals surface area (Å²) in [5.74, 6) is 2.73. The van der Waals surface area contributed by atoms with Crippen LogP contribution < -0.4 is 5.32 Å². The van der Waals surface area contributed by atoms with E-state index in [2.05, 4.69) is 41.1 Å². The summed E-state index contributed by atoms with van der Waals surface area (Å²) in [4.78, 5) is 20.0. The van der Waals surface area contributed by atoms with E-state index in [0.717, 1.165) is 41.1 Å². The molecule has 7 heteroatoms. The second-order valence-electron chi connectivity index (χ2n) is 8.69. The Bertz CT molecular complexity index is 824. The van der Waals surface area contributed by atoms with Gasteiger partial charge in [-0.1, -0.05) is 25.9 Å². The molecule has 164 valence electrons. The Morgan fingerprint density at radius 1 is 1.33 bits per heavy atom. The molecule has 3 rings (SSSR count). The molecule has 1 aliphatic rings. The number of pyridine rings is 1. The molecule has 1 amide bonds. The van der Waals surface area contributed by atoms with Crippen molar-refractivity contribution in [3.63, 3.8) is 0 Å².